The number of rotatable bonds is 5. The minimum Gasteiger partial charge on any atom is -0.465 e. The van der Waals surface area contributed by atoms with E-state index in [9.17, 15) is 14.7 Å². The van der Waals surface area contributed by atoms with E-state index in [4.69, 9.17) is 5.11 Å². The van der Waals surface area contributed by atoms with Crippen molar-refractivity contribution < 1.29 is 19.8 Å². The second-order valence-corrected chi connectivity index (χ2v) is 6.75. The largest absolute Gasteiger partial charge is 0.465 e. The molecule has 2 aliphatic rings. The Morgan fingerprint density at radius 1 is 1.13 bits per heavy atom. The van der Waals surface area contributed by atoms with Crippen LogP contribution in [0.2, 0.25) is 0 Å². The van der Waals surface area contributed by atoms with Crippen LogP contribution in [-0.2, 0) is 4.79 Å². The van der Waals surface area contributed by atoms with E-state index in [1.165, 1.54) is 6.42 Å². The number of carboxylic acid groups (broad SMARTS) is 1. The lowest BCUT2D eigenvalue weighted by Gasteiger charge is -2.30. The van der Waals surface area contributed by atoms with Crippen LogP contribution in [0.5, 0.6) is 0 Å². The molecule has 2 fully saturated rings. The third-order valence-corrected chi connectivity index (χ3v) is 4.97. The van der Waals surface area contributed by atoms with Crippen molar-refractivity contribution in [2.24, 2.45) is 5.92 Å². The summed E-state index contributed by atoms with van der Waals surface area (Å²) in [7, 11) is 0. The number of hydrogen-bond donors (Lipinski definition) is 5. The molecule has 1 aliphatic heterocycles. The Hall–Kier alpha value is -1.34. The molecule has 132 valence electrons. The fraction of sp³-hybridized carbons (Fsp3) is 0.875. The lowest BCUT2D eigenvalue weighted by molar-refractivity contribution is -0.123. The van der Waals surface area contributed by atoms with Gasteiger partial charge in [-0.3, -0.25) is 4.79 Å². The topological polar surface area (TPSA) is 111 Å². The van der Waals surface area contributed by atoms with Gasteiger partial charge < -0.3 is 26.2 Å². The predicted molar refractivity (Wildman–Crippen MR) is 86.2 cm³/mol. The van der Waals surface area contributed by atoms with Crippen LogP contribution in [0.25, 0.3) is 0 Å². The van der Waals surface area contributed by atoms with Crippen molar-refractivity contribution in [2.45, 2.75) is 69.6 Å². The molecule has 2 rings (SSSR count). The molecule has 23 heavy (non-hydrogen) atoms. The average Bonchev–Trinajstić information content (AvgIpc) is 2.72. The molecule has 1 saturated carbocycles. The lowest BCUT2D eigenvalue weighted by Crippen LogP contribution is -2.49. The van der Waals surface area contributed by atoms with E-state index in [0.717, 1.165) is 45.1 Å². The number of amides is 2. The third kappa shape index (κ3) is 5.99. The fourth-order valence-electron chi connectivity index (χ4n) is 3.70. The van der Waals surface area contributed by atoms with E-state index in [1.807, 2.05) is 0 Å². The minimum absolute atomic E-state index is 0.146. The Kier molecular flexibility index (Phi) is 7.11. The number of β-amino-alcohol motifs (C(OH)–C–C–N with tert-alkyl or cyclic N) is 1. The Bertz CT molecular complexity index is 399. The molecule has 0 aromatic rings. The zero-order valence-electron chi connectivity index (χ0n) is 13.6. The van der Waals surface area contributed by atoms with Crippen LogP contribution < -0.4 is 16.0 Å². The van der Waals surface area contributed by atoms with E-state index in [2.05, 4.69) is 16.0 Å². The first-order valence-corrected chi connectivity index (χ1v) is 8.74. The third-order valence-electron chi connectivity index (χ3n) is 4.97. The number of carbonyl (C=O) groups excluding carboxylic acids is 1. The number of aliphatic hydroxyl groups is 1. The van der Waals surface area contributed by atoms with Crippen molar-refractivity contribution >= 4 is 12.0 Å². The number of nitrogens with one attached hydrogen (secondary N) is 3. The number of carbonyl (C=O) groups is 2. The summed E-state index contributed by atoms with van der Waals surface area (Å²) in [4.78, 5) is 23.4. The maximum absolute atomic E-state index is 12.3. The van der Waals surface area contributed by atoms with E-state index in [1.54, 1.807) is 0 Å². The van der Waals surface area contributed by atoms with Crippen LogP contribution >= 0.6 is 0 Å². The van der Waals surface area contributed by atoms with Gasteiger partial charge in [0, 0.05) is 19.0 Å². The van der Waals surface area contributed by atoms with Gasteiger partial charge in [0.2, 0.25) is 5.91 Å². The molecule has 0 aromatic heterocycles. The first-order valence-electron chi connectivity index (χ1n) is 8.74. The molecule has 2 unspecified atom stereocenters. The highest BCUT2D eigenvalue weighted by Gasteiger charge is 2.29. The molecule has 7 heteroatoms. The lowest BCUT2D eigenvalue weighted by atomic mass is 9.82. The van der Waals surface area contributed by atoms with Gasteiger partial charge in [0.05, 0.1) is 12.1 Å². The molecule has 0 bridgehead atoms. The van der Waals surface area contributed by atoms with Gasteiger partial charge in [0.25, 0.3) is 0 Å². The van der Waals surface area contributed by atoms with Crippen LogP contribution in [0.1, 0.15) is 51.4 Å². The molecule has 3 atom stereocenters. The highest BCUT2D eigenvalue weighted by atomic mass is 16.4. The molecule has 2 amide bonds. The second kappa shape index (κ2) is 9.08. The molecule has 5 N–H and O–H groups in total. The molecule has 7 nitrogen and oxygen atoms in total. The van der Waals surface area contributed by atoms with Gasteiger partial charge in [-0.1, -0.05) is 19.3 Å². The van der Waals surface area contributed by atoms with Crippen molar-refractivity contribution in [1.82, 2.24) is 16.0 Å². The van der Waals surface area contributed by atoms with Crippen LogP contribution in [0.15, 0.2) is 0 Å². The van der Waals surface area contributed by atoms with Gasteiger partial charge in [-0.15, -0.1) is 0 Å². The van der Waals surface area contributed by atoms with Crippen LogP contribution in [-0.4, -0.2) is 53.5 Å². The number of aliphatic hydroxyl groups excluding tert-OH is 1. The first kappa shape index (κ1) is 18.0. The molecular weight excluding hydrogens is 298 g/mol. The normalized spacial score (nSPS) is 27.7. The average molecular weight is 327 g/mol. The van der Waals surface area contributed by atoms with Crippen molar-refractivity contribution in [1.29, 1.82) is 0 Å². The van der Waals surface area contributed by atoms with Gasteiger partial charge in [0.15, 0.2) is 0 Å². The highest BCUT2D eigenvalue weighted by Crippen LogP contribution is 2.28. The van der Waals surface area contributed by atoms with Crippen molar-refractivity contribution in [2.75, 3.05) is 13.1 Å². The monoisotopic (exact) mass is 327 g/mol. The molecule has 1 heterocycles. The quantitative estimate of drug-likeness (QED) is 0.513. The molecule has 0 radical (unpaired) electrons. The van der Waals surface area contributed by atoms with Crippen LogP contribution in [0, 0.1) is 5.92 Å². The predicted octanol–water partition coefficient (Wildman–Crippen LogP) is 0.822. The summed E-state index contributed by atoms with van der Waals surface area (Å²) < 4.78 is 0. The summed E-state index contributed by atoms with van der Waals surface area (Å²) in [6, 6.07) is -0.594. The van der Waals surface area contributed by atoms with Crippen molar-refractivity contribution in [3.8, 4) is 0 Å². The Labute approximate surface area is 137 Å². The molecule has 1 aliphatic carbocycles. The van der Waals surface area contributed by atoms with Gasteiger partial charge in [0.1, 0.15) is 0 Å². The maximum atomic E-state index is 12.3. The van der Waals surface area contributed by atoms with Crippen molar-refractivity contribution in [3.05, 3.63) is 0 Å². The zero-order valence-corrected chi connectivity index (χ0v) is 13.6. The molecule has 1 saturated heterocycles. The van der Waals surface area contributed by atoms with Crippen LogP contribution in [0.4, 0.5) is 4.79 Å². The first-order chi connectivity index (χ1) is 11.1. The Morgan fingerprint density at radius 3 is 2.57 bits per heavy atom. The summed E-state index contributed by atoms with van der Waals surface area (Å²) in [5, 5.41) is 27.6. The van der Waals surface area contributed by atoms with Gasteiger partial charge >= 0.3 is 6.09 Å². The molecule has 0 aromatic carbocycles. The summed E-state index contributed by atoms with van der Waals surface area (Å²) in [6.45, 7) is 1.32. The second-order valence-electron chi connectivity index (χ2n) is 6.75. The summed E-state index contributed by atoms with van der Waals surface area (Å²) >= 11 is 0. The SMILES string of the molecule is O=C(O)NC(CC(=O)NC1CCCNC[C@@H]1O)C1CCCCC1. The van der Waals surface area contributed by atoms with E-state index < -0.39 is 12.2 Å². The van der Waals surface area contributed by atoms with Gasteiger partial charge in [-0.05, 0) is 38.1 Å². The van der Waals surface area contributed by atoms with Gasteiger partial charge in [-0.2, -0.15) is 0 Å². The summed E-state index contributed by atoms with van der Waals surface area (Å²) in [6.07, 6.45) is 5.42. The van der Waals surface area contributed by atoms with E-state index in [-0.39, 0.29) is 30.3 Å². The van der Waals surface area contributed by atoms with Gasteiger partial charge in [-0.25, -0.2) is 4.79 Å². The standard InChI is InChI=1S/C16H29N3O4/c20-14-10-17-8-4-7-12(14)18-15(21)9-13(19-16(22)23)11-5-2-1-3-6-11/h11-14,17,19-20H,1-10H2,(H,18,21)(H,22,23)/t12?,13?,14-/m0/s1. The smallest absolute Gasteiger partial charge is 0.404 e. The fourth-order valence-corrected chi connectivity index (χ4v) is 3.70. The Morgan fingerprint density at radius 2 is 1.87 bits per heavy atom. The summed E-state index contributed by atoms with van der Waals surface area (Å²) in [5.41, 5.74) is 0. The van der Waals surface area contributed by atoms with E-state index in [0.29, 0.717) is 6.54 Å². The van der Waals surface area contributed by atoms with Crippen molar-refractivity contribution in [3.63, 3.8) is 0 Å². The molecule has 0 spiro atoms. The van der Waals surface area contributed by atoms with Crippen LogP contribution in [0.3, 0.4) is 0 Å². The highest BCUT2D eigenvalue weighted by molar-refractivity contribution is 5.78. The Balaban J connectivity index is 1.89. The summed E-state index contributed by atoms with van der Waals surface area (Å²) in [5.74, 6) is 0.0478. The maximum Gasteiger partial charge on any atom is 0.404 e. The zero-order chi connectivity index (χ0) is 16.7. The minimum atomic E-state index is -1.08. The molecular formula is C16H29N3O4. The number of hydrogen-bond acceptors (Lipinski definition) is 4. The van der Waals surface area contributed by atoms with E-state index >= 15 is 0 Å².